The summed E-state index contributed by atoms with van der Waals surface area (Å²) >= 11 is 0. The lowest BCUT2D eigenvalue weighted by molar-refractivity contribution is -0.398. The Kier molecular flexibility index (Phi) is 22.9. The molecule has 36 nitrogen and oxygen atoms in total. The van der Waals surface area contributed by atoms with Gasteiger partial charge in [0.1, 0.15) is 140 Å². The van der Waals surface area contributed by atoms with E-state index in [0.29, 0.717) is 0 Å². The number of carbonyl (C=O) groups is 3. The summed E-state index contributed by atoms with van der Waals surface area (Å²) in [6.45, 7) is -4.55. The maximum atomic E-state index is 13.0. The first-order valence-electron chi connectivity index (χ1n) is 24.8. The van der Waals surface area contributed by atoms with E-state index in [1.54, 1.807) is 0 Å². The molecule has 0 aliphatic carbocycles. The topological polar surface area (TPSA) is 581 Å². The van der Waals surface area contributed by atoms with Crippen molar-refractivity contribution >= 4 is 17.8 Å². The lowest BCUT2D eigenvalue weighted by Gasteiger charge is -2.51. The van der Waals surface area contributed by atoms with Gasteiger partial charge >= 0.3 is 5.97 Å². The van der Waals surface area contributed by atoms with Crippen molar-refractivity contribution in [1.82, 2.24) is 10.6 Å². The third kappa shape index (κ3) is 13.9. The fraction of sp³-hybridized carbons (Fsp3) is 0.930. The highest BCUT2D eigenvalue weighted by atomic mass is 16.8. The van der Waals surface area contributed by atoms with Crippen LogP contribution in [0, 0.1) is 0 Å². The molecular formula is C43H72N2O34. The van der Waals surface area contributed by atoms with Gasteiger partial charge in [0.25, 0.3) is 5.79 Å². The second-order valence-corrected chi connectivity index (χ2v) is 19.7. The predicted molar refractivity (Wildman–Crippen MR) is 240 cm³/mol. The summed E-state index contributed by atoms with van der Waals surface area (Å²) in [5, 5.41) is 219. The first-order valence-corrected chi connectivity index (χ1v) is 24.8. The van der Waals surface area contributed by atoms with Crippen LogP contribution in [0.2, 0.25) is 0 Å². The number of hydrogen-bond acceptors (Lipinski definition) is 33. The van der Waals surface area contributed by atoms with Crippen molar-refractivity contribution in [1.29, 1.82) is 0 Å². The molecular weight excluding hydrogens is 1090 g/mol. The molecule has 0 aromatic heterocycles. The van der Waals surface area contributed by atoms with Crippen LogP contribution in [0.15, 0.2) is 0 Å². The number of aliphatic hydroxyl groups is 19. The second kappa shape index (κ2) is 27.7. The van der Waals surface area contributed by atoms with Crippen molar-refractivity contribution in [3.05, 3.63) is 0 Å². The highest BCUT2D eigenvalue weighted by molar-refractivity contribution is 5.76. The van der Waals surface area contributed by atoms with Crippen LogP contribution in [0.4, 0.5) is 0 Å². The maximum absolute atomic E-state index is 13.0. The Hall–Kier alpha value is -2.79. The van der Waals surface area contributed by atoms with Gasteiger partial charge in [-0.05, 0) is 0 Å². The van der Waals surface area contributed by atoms with E-state index in [9.17, 15) is 117 Å². The molecule has 6 rings (SSSR count). The van der Waals surface area contributed by atoms with Gasteiger partial charge in [0, 0.05) is 20.3 Å². The molecule has 79 heavy (non-hydrogen) atoms. The molecule has 6 aliphatic rings. The molecule has 0 aromatic rings. The van der Waals surface area contributed by atoms with E-state index in [4.69, 9.17) is 52.1 Å². The van der Waals surface area contributed by atoms with Crippen molar-refractivity contribution in [2.24, 2.45) is 0 Å². The van der Waals surface area contributed by atoms with E-state index in [2.05, 4.69) is 10.6 Å². The van der Waals surface area contributed by atoms with Crippen molar-refractivity contribution in [3.8, 4) is 0 Å². The molecule has 6 fully saturated rings. The molecule has 0 aromatic carbocycles. The zero-order valence-corrected chi connectivity index (χ0v) is 41.9. The SMILES string of the molecule is CC(=O)N[C@H]1[C@H](O[C@@H]2[C@@H](O[C@@H]3[C@H](O)[C@H](O[C@H]4[C@H](O)[C@@H](O)C(O)O[C@@H]4CO)O[C@H](CO)[C@H]3O)O[C@H](CO)[C@@H](O)[C@@H]2O)O[C@H](CO)[C@@H](O[C@@H]2O[C@H](CO)[C@H](O)[C@H](O[C@]3(C(=O)O)C[C@H](O)[C@@H](NC(C)=O)[C@H]([C@H](O)[C@H](O)CO)O3)[C@H]2O)[C@@H]1O. The fourth-order valence-corrected chi connectivity index (χ4v) is 10.0. The summed E-state index contributed by atoms with van der Waals surface area (Å²) in [7, 11) is 0. The van der Waals surface area contributed by atoms with Crippen LogP contribution in [0.25, 0.3) is 0 Å². The Balaban J connectivity index is 1.26. The first kappa shape index (κ1) is 65.4. The quantitative estimate of drug-likeness (QED) is 0.0507. The summed E-state index contributed by atoms with van der Waals surface area (Å²) in [5.41, 5.74) is 0. The lowest BCUT2D eigenvalue weighted by Crippen LogP contribution is -2.71. The molecule has 0 spiro atoms. The maximum Gasteiger partial charge on any atom is 0.364 e. The first-order chi connectivity index (χ1) is 37.2. The molecule has 22 N–H and O–H groups in total. The fourth-order valence-electron chi connectivity index (χ4n) is 10.0. The Labute approximate surface area is 446 Å². The van der Waals surface area contributed by atoms with E-state index < -0.39 is 254 Å². The van der Waals surface area contributed by atoms with Crippen LogP contribution in [-0.2, 0) is 66.5 Å². The molecule has 2 amide bonds. The van der Waals surface area contributed by atoms with E-state index >= 15 is 0 Å². The Morgan fingerprint density at radius 2 is 0.924 bits per heavy atom. The summed E-state index contributed by atoms with van der Waals surface area (Å²) in [6, 6.07) is -3.61. The van der Waals surface area contributed by atoms with Crippen molar-refractivity contribution in [2.45, 2.75) is 210 Å². The van der Waals surface area contributed by atoms with Gasteiger partial charge in [-0.25, -0.2) is 4.79 Å². The molecule has 36 heteroatoms. The molecule has 1 unspecified atom stereocenters. The van der Waals surface area contributed by atoms with Gasteiger partial charge in [0.05, 0.1) is 51.8 Å². The third-order valence-corrected chi connectivity index (χ3v) is 14.2. The van der Waals surface area contributed by atoms with Crippen LogP contribution >= 0.6 is 0 Å². The van der Waals surface area contributed by atoms with E-state index in [1.807, 2.05) is 0 Å². The number of ether oxygens (including phenoxy) is 11. The molecule has 0 saturated carbocycles. The van der Waals surface area contributed by atoms with Gasteiger partial charge < -0.3 is 165 Å². The van der Waals surface area contributed by atoms with Crippen LogP contribution in [-0.4, -0.2) is 349 Å². The summed E-state index contributed by atoms with van der Waals surface area (Å²) in [5.74, 6) is -7.08. The average Bonchev–Trinajstić information content (AvgIpc) is 3.55. The number of amides is 2. The predicted octanol–water partition coefficient (Wildman–Crippen LogP) is -14.6. The minimum absolute atomic E-state index is 0.832. The van der Waals surface area contributed by atoms with Gasteiger partial charge in [0.15, 0.2) is 31.5 Å². The zero-order valence-electron chi connectivity index (χ0n) is 41.9. The number of carboxylic acids is 1. The minimum atomic E-state index is -3.21. The van der Waals surface area contributed by atoms with Crippen molar-refractivity contribution < 1.29 is 169 Å². The van der Waals surface area contributed by atoms with Gasteiger partial charge in [-0.15, -0.1) is 0 Å². The Morgan fingerprint density at radius 1 is 0.494 bits per heavy atom. The molecule has 6 heterocycles. The molecule has 0 bridgehead atoms. The smallest absolute Gasteiger partial charge is 0.364 e. The van der Waals surface area contributed by atoms with Gasteiger partial charge in [0.2, 0.25) is 11.8 Å². The Morgan fingerprint density at radius 3 is 1.44 bits per heavy atom. The molecule has 31 atom stereocenters. The highest BCUT2D eigenvalue weighted by Gasteiger charge is 2.61. The van der Waals surface area contributed by atoms with Crippen molar-refractivity contribution in [2.75, 3.05) is 39.6 Å². The third-order valence-electron chi connectivity index (χ3n) is 14.2. The van der Waals surface area contributed by atoms with Gasteiger partial charge in [-0.1, -0.05) is 0 Å². The second-order valence-electron chi connectivity index (χ2n) is 19.7. The molecule has 6 saturated heterocycles. The monoisotopic (exact) mass is 1160 g/mol. The van der Waals surface area contributed by atoms with Gasteiger partial charge in [-0.2, -0.15) is 0 Å². The number of rotatable bonds is 21. The van der Waals surface area contributed by atoms with E-state index in [1.165, 1.54) is 0 Å². The summed E-state index contributed by atoms with van der Waals surface area (Å²) in [4.78, 5) is 37.8. The normalized spacial score (nSPS) is 47.7. The highest BCUT2D eigenvalue weighted by Crippen LogP contribution is 2.40. The molecule has 458 valence electrons. The summed E-state index contributed by atoms with van der Waals surface area (Å²) in [6.07, 6.45) is -58.9. The molecule has 6 aliphatic heterocycles. The van der Waals surface area contributed by atoms with Crippen molar-refractivity contribution in [3.63, 3.8) is 0 Å². The standard InChI is InChI=1S/C43H72N2O34/c1-10(52)44-19-12(54)3-43(42(67)68,78-33(19)21(56)13(55)4-46)79-35-24(59)16(7-49)71-40(30(35)65)74-31-18(9-51)73-38(20(25(31)60)45-11(2)53)77-36-26(61)22(57)14(5-47)72-41(36)76-34-23(58)15(6-48)70-39(29(34)64)75-32-17(8-50)69-37(66)28(63)27(32)62/h12-41,46-51,54-66H,3-9H2,1-2H3,(H,44,52)(H,45,53)(H,67,68)/t12-,13+,14+,15+,16+,17+,18+,19+,20+,21+,22+,23+,24-,25+,26-,27+,28+,29-,30+,31+,32+,33+,34-,35-,36-,37?,38-,39-,40-,41+,43-/m0/s1. The number of carboxylic acid groups (broad SMARTS) is 1. The number of nitrogens with one attached hydrogen (secondary N) is 2. The largest absolute Gasteiger partial charge is 0.477 e. The number of aliphatic carboxylic acids is 1. The van der Waals surface area contributed by atoms with Gasteiger partial charge in [-0.3, -0.25) is 9.59 Å². The zero-order chi connectivity index (χ0) is 58.7. The number of aliphatic hydroxyl groups excluding tert-OH is 19. The minimum Gasteiger partial charge on any atom is -0.477 e. The lowest BCUT2D eigenvalue weighted by atomic mass is 9.88. The molecule has 0 radical (unpaired) electrons. The Bertz CT molecular complexity index is 1970. The van der Waals surface area contributed by atoms with Crippen LogP contribution in [0.1, 0.15) is 20.3 Å². The van der Waals surface area contributed by atoms with E-state index in [0.717, 1.165) is 13.8 Å². The van der Waals surface area contributed by atoms with Crippen LogP contribution in [0.3, 0.4) is 0 Å². The van der Waals surface area contributed by atoms with Crippen LogP contribution < -0.4 is 10.6 Å². The number of carbonyl (C=O) groups excluding carboxylic acids is 2. The average molecular weight is 1160 g/mol. The number of hydrogen-bond donors (Lipinski definition) is 22. The summed E-state index contributed by atoms with van der Waals surface area (Å²) < 4.78 is 62.5. The van der Waals surface area contributed by atoms with Crippen LogP contribution in [0.5, 0.6) is 0 Å². The van der Waals surface area contributed by atoms with E-state index in [-0.39, 0.29) is 0 Å².